The molecule has 3 heterocycles. The van der Waals surface area contributed by atoms with Gasteiger partial charge in [0, 0.05) is 25.5 Å². The summed E-state index contributed by atoms with van der Waals surface area (Å²) in [5.41, 5.74) is 14.1. The highest BCUT2D eigenvalue weighted by Crippen LogP contribution is 2.32. The van der Waals surface area contributed by atoms with Crippen molar-refractivity contribution in [2.45, 2.75) is 76.9 Å². The van der Waals surface area contributed by atoms with Gasteiger partial charge in [-0.15, -0.1) is 0 Å². The van der Waals surface area contributed by atoms with Crippen molar-refractivity contribution in [1.29, 1.82) is 0 Å². The molecule has 8 N–H and O–H groups in total. The summed E-state index contributed by atoms with van der Waals surface area (Å²) in [6.45, 7) is 2.83. The van der Waals surface area contributed by atoms with E-state index in [9.17, 15) is 25.2 Å². The summed E-state index contributed by atoms with van der Waals surface area (Å²) in [6, 6.07) is 8.97. The number of phenols is 1. The molecular formula is C34H43N4O6+. The molecule has 234 valence electrons. The van der Waals surface area contributed by atoms with Crippen LogP contribution in [-0.2, 0) is 24.2 Å². The van der Waals surface area contributed by atoms with Crippen molar-refractivity contribution in [3.8, 4) is 11.5 Å². The number of ether oxygens (including phenoxy) is 1. The summed E-state index contributed by atoms with van der Waals surface area (Å²) >= 11 is 0. The number of hydrogen-bond acceptors (Lipinski definition) is 9. The lowest BCUT2D eigenvalue weighted by Gasteiger charge is -2.24. The van der Waals surface area contributed by atoms with Crippen LogP contribution in [0.3, 0.4) is 0 Å². The number of nitrogens with two attached hydrogens (primary N) is 1. The number of quaternary nitrogens is 1. The molecule has 3 aliphatic heterocycles. The zero-order valence-corrected chi connectivity index (χ0v) is 25.1. The third-order valence-electron chi connectivity index (χ3n) is 8.42. The van der Waals surface area contributed by atoms with Crippen molar-refractivity contribution in [2.75, 3.05) is 13.3 Å². The molecule has 4 unspecified atom stereocenters. The van der Waals surface area contributed by atoms with Crippen LogP contribution in [0.4, 0.5) is 0 Å². The van der Waals surface area contributed by atoms with E-state index in [1.54, 1.807) is 18.2 Å². The first kappa shape index (κ1) is 31.6. The Labute approximate surface area is 257 Å². The van der Waals surface area contributed by atoms with Crippen molar-refractivity contribution in [3.63, 3.8) is 0 Å². The maximum absolute atomic E-state index is 12.4. The number of Topliss-reactive ketones (excluding diaryl/α,β-unsaturated/α-hetero) is 1. The van der Waals surface area contributed by atoms with E-state index in [0.29, 0.717) is 31.6 Å². The third-order valence-corrected chi connectivity index (χ3v) is 8.42. The highest BCUT2D eigenvalue weighted by molar-refractivity contribution is 6.08. The second kappa shape index (κ2) is 14.3. The molecule has 0 fully saturated rings. The van der Waals surface area contributed by atoms with E-state index in [1.807, 2.05) is 37.5 Å². The second-order valence-electron chi connectivity index (χ2n) is 11.8. The number of aryl methyl sites for hydroxylation is 1. The summed E-state index contributed by atoms with van der Waals surface area (Å²) in [6.07, 6.45) is 9.08. The number of nitrogens with zero attached hydrogens (tertiary/aromatic N) is 1. The zero-order chi connectivity index (χ0) is 31.2. The quantitative estimate of drug-likeness (QED) is 0.162. The number of hydrogen-bond donors (Lipinski definition) is 7. The van der Waals surface area contributed by atoms with Crippen LogP contribution in [0, 0.1) is 0 Å². The number of ketones is 1. The summed E-state index contributed by atoms with van der Waals surface area (Å²) < 4.78 is 6.02. The van der Waals surface area contributed by atoms with Crippen molar-refractivity contribution in [3.05, 3.63) is 87.9 Å². The molecule has 44 heavy (non-hydrogen) atoms. The number of rotatable bonds is 15. The van der Waals surface area contributed by atoms with Gasteiger partial charge in [-0.2, -0.15) is 0 Å². The average Bonchev–Trinajstić information content (AvgIpc) is 3.57. The molecule has 2 aromatic rings. The molecule has 2 aromatic carbocycles. The number of carbonyl (C=O) groups excluding carboxylic acids is 1. The number of aliphatic imine (C=N–C) groups is 1. The largest absolute Gasteiger partial charge is 0.504 e. The molecule has 0 aromatic heterocycles. The number of aromatic hydroxyl groups is 1. The maximum atomic E-state index is 12.4. The van der Waals surface area contributed by atoms with Crippen LogP contribution in [0.25, 0.3) is 6.08 Å². The van der Waals surface area contributed by atoms with E-state index in [0.717, 1.165) is 56.0 Å². The molecule has 0 spiro atoms. The van der Waals surface area contributed by atoms with E-state index in [2.05, 4.69) is 16.5 Å². The smallest absolute Gasteiger partial charge is 0.227 e. The van der Waals surface area contributed by atoms with E-state index >= 15 is 0 Å². The number of fused-ring (bicyclic) bond motifs is 2. The molecule has 0 saturated carbocycles. The lowest BCUT2D eigenvalue weighted by molar-refractivity contribution is -0.851. The number of allylic oxidation sites excluding steroid dienone is 1. The molecule has 0 amide bonds. The lowest BCUT2D eigenvalue weighted by atomic mass is 9.88. The minimum absolute atomic E-state index is 0.0189. The van der Waals surface area contributed by atoms with Crippen LogP contribution in [0.1, 0.15) is 73.0 Å². The summed E-state index contributed by atoms with van der Waals surface area (Å²) in [5.74, 6) is 0.299. The molecule has 0 saturated heterocycles. The van der Waals surface area contributed by atoms with Crippen LogP contribution in [0.15, 0.2) is 65.1 Å². The summed E-state index contributed by atoms with van der Waals surface area (Å²) in [4.78, 5) is 18.1. The molecule has 4 atom stereocenters. The fraction of sp³-hybridized carbons (Fsp3) is 0.412. The Morgan fingerprint density at radius 1 is 1.23 bits per heavy atom. The van der Waals surface area contributed by atoms with Gasteiger partial charge in [-0.3, -0.25) is 14.7 Å². The van der Waals surface area contributed by atoms with Crippen molar-refractivity contribution in [1.82, 2.24) is 5.32 Å². The Balaban J connectivity index is 1.17. The van der Waals surface area contributed by atoms with E-state index in [1.165, 1.54) is 0 Å². The number of nitrogens with one attached hydrogen (secondary N) is 2. The maximum Gasteiger partial charge on any atom is 0.227 e. The second-order valence-corrected chi connectivity index (χ2v) is 11.8. The van der Waals surface area contributed by atoms with Crippen LogP contribution in [0.2, 0.25) is 0 Å². The Morgan fingerprint density at radius 2 is 2.07 bits per heavy atom. The number of aliphatic hydroxyl groups is 3. The predicted octanol–water partition coefficient (Wildman–Crippen LogP) is 1.92. The Bertz CT molecular complexity index is 1500. The van der Waals surface area contributed by atoms with Gasteiger partial charge in [0.2, 0.25) is 6.73 Å². The summed E-state index contributed by atoms with van der Waals surface area (Å²) in [5, 5.41) is 43.6. The number of aliphatic hydroxyl groups excluding tert-OH is 3. The monoisotopic (exact) mass is 603 g/mol. The average molecular weight is 604 g/mol. The van der Waals surface area contributed by atoms with Gasteiger partial charge in [-0.1, -0.05) is 31.5 Å². The Hall–Kier alpha value is -3.80. The van der Waals surface area contributed by atoms with E-state index in [-0.39, 0.29) is 50.3 Å². The van der Waals surface area contributed by atoms with Gasteiger partial charge in [0.1, 0.15) is 30.4 Å². The van der Waals surface area contributed by atoms with E-state index < -0.39 is 12.2 Å². The highest BCUT2D eigenvalue weighted by Gasteiger charge is 2.31. The molecular weight excluding hydrogens is 560 g/mol. The first-order valence-corrected chi connectivity index (χ1v) is 15.3. The predicted molar refractivity (Wildman–Crippen MR) is 168 cm³/mol. The van der Waals surface area contributed by atoms with Crippen molar-refractivity contribution in [2.24, 2.45) is 10.7 Å². The minimum atomic E-state index is -0.845. The van der Waals surface area contributed by atoms with Crippen LogP contribution in [-0.4, -0.2) is 57.4 Å². The van der Waals surface area contributed by atoms with Gasteiger partial charge in [0.05, 0.1) is 24.4 Å². The lowest BCUT2D eigenvalue weighted by Crippen LogP contribution is -3.07. The standard InChI is InChI=1S/C34H42N4O6/c1-2-3-24(40)14-26(42)15-25(41)7-4-21-5-9-32(43)33(12-21)44-20-38-17-30-23(16-37-31(30)18-38)13-29-22(19-39)6-8-28-27(29)10-11-36-34(28)35/h5-6,8-12,16-17,24,26,34,36,39-40,42-43H,2-4,7,13-15,18-20,35H2,1H3/p+1. The molecule has 0 radical (unpaired) electrons. The fourth-order valence-electron chi connectivity index (χ4n) is 6.07. The highest BCUT2D eigenvalue weighted by atomic mass is 16.5. The fourth-order valence-corrected chi connectivity index (χ4v) is 6.07. The van der Waals surface area contributed by atoms with Crippen molar-refractivity contribution >= 4 is 17.6 Å². The number of carbonyl (C=O) groups is 1. The molecule has 0 bridgehead atoms. The summed E-state index contributed by atoms with van der Waals surface area (Å²) in [7, 11) is 0. The van der Waals surface area contributed by atoms with Gasteiger partial charge in [0.25, 0.3) is 0 Å². The molecule has 5 rings (SSSR count). The topological polar surface area (TPSA) is 162 Å². The molecule has 0 aliphatic carbocycles. The molecule has 10 nitrogen and oxygen atoms in total. The van der Waals surface area contributed by atoms with Gasteiger partial charge >= 0.3 is 0 Å². The number of benzene rings is 2. The van der Waals surface area contributed by atoms with E-state index in [4.69, 9.17) is 10.5 Å². The van der Waals surface area contributed by atoms with Crippen LogP contribution < -0.4 is 20.7 Å². The first-order valence-electron chi connectivity index (χ1n) is 15.3. The molecule has 3 aliphatic rings. The molecule has 10 heteroatoms. The van der Waals surface area contributed by atoms with Gasteiger partial charge < -0.3 is 36.2 Å². The van der Waals surface area contributed by atoms with Gasteiger partial charge in [0.15, 0.2) is 11.5 Å². The van der Waals surface area contributed by atoms with Crippen LogP contribution in [0.5, 0.6) is 11.5 Å². The van der Waals surface area contributed by atoms with Gasteiger partial charge in [-0.25, -0.2) is 0 Å². The zero-order valence-electron chi connectivity index (χ0n) is 25.1. The SMILES string of the molecule is CCCC(O)CC(O)CC(=O)CCc1ccc(O)c(OC[NH+]2C=C3C(Cc4c(CO)ccc5c4C=CNC5N)=CN=C3C2)c1. The van der Waals surface area contributed by atoms with Gasteiger partial charge in [-0.05, 0) is 77.1 Å². The minimum Gasteiger partial charge on any atom is -0.504 e. The van der Waals surface area contributed by atoms with Crippen LogP contribution >= 0.6 is 0 Å². The normalized spacial score (nSPS) is 19.8. The first-order chi connectivity index (χ1) is 21.2. The Kier molecular flexibility index (Phi) is 10.3. The number of phenolic OH excluding ortho intramolecular Hbond substituents is 1. The third kappa shape index (κ3) is 7.46. The Morgan fingerprint density at radius 3 is 2.86 bits per heavy atom. The van der Waals surface area contributed by atoms with Crippen molar-refractivity contribution < 1.29 is 34.9 Å².